The van der Waals surface area contributed by atoms with E-state index in [-0.39, 0.29) is 11.8 Å². The Balaban J connectivity index is 1.86. The maximum absolute atomic E-state index is 12.1. The number of nitrogen functional groups attached to an aromatic ring is 1. The van der Waals surface area contributed by atoms with E-state index in [0.29, 0.717) is 24.5 Å². The molecule has 1 amide bonds. The number of hydrazine groups is 1. The van der Waals surface area contributed by atoms with Crippen LogP contribution in [0.3, 0.4) is 0 Å². The fraction of sp³-hybridized carbons (Fsp3) is 0.600. The molecule has 6 nitrogen and oxygen atoms in total. The molecule has 0 radical (unpaired) electrons. The molecule has 0 atom stereocenters. The lowest BCUT2D eigenvalue weighted by molar-refractivity contribution is 0.0906. The standard InChI is InChI=1S/C15H24N4O2/c1-10(2)13-7-12(8-14(18-13)19-16)15(20)17-5-6-21-9-11-3-4-11/h7-8,10-11H,3-6,9,16H2,1-2H3,(H,17,20)(H,18,19). The minimum atomic E-state index is -0.133. The van der Waals surface area contributed by atoms with Gasteiger partial charge in [-0.15, -0.1) is 0 Å². The number of carbonyl (C=O) groups is 1. The number of nitrogens with one attached hydrogen (secondary N) is 2. The zero-order chi connectivity index (χ0) is 15.2. The monoisotopic (exact) mass is 292 g/mol. The van der Waals surface area contributed by atoms with Crippen LogP contribution in [0.2, 0.25) is 0 Å². The number of ether oxygens (including phenoxy) is 1. The van der Waals surface area contributed by atoms with Gasteiger partial charge in [-0.25, -0.2) is 10.8 Å². The predicted octanol–water partition coefficient (Wildman–Crippen LogP) is 1.65. The lowest BCUT2D eigenvalue weighted by atomic mass is 10.1. The van der Waals surface area contributed by atoms with Crippen molar-refractivity contribution in [1.82, 2.24) is 10.3 Å². The summed E-state index contributed by atoms with van der Waals surface area (Å²) in [7, 11) is 0. The zero-order valence-electron chi connectivity index (χ0n) is 12.7. The second-order valence-corrected chi connectivity index (χ2v) is 5.74. The van der Waals surface area contributed by atoms with Crippen LogP contribution >= 0.6 is 0 Å². The van der Waals surface area contributed by atoms with Crippen molar-refractivity contribution >= 4 is 11.7 Å². The van der Waals surface area contributed by atoms with Gasteiger partial charge in [0, 0.05) is 24.4 Å². The molecule has 116 valence electrons. The normalized spacial score (nSPS) is 14.3. The van der Waals surface area contributed by atoms with Gasteiger partial charge in [-0.3, -0.25) is 4.79 Å². The molecule has 6 heteroatoms. The quantitative estimate of drug-likeness (QED) is 0.385. The molecule has 1 fully saturated rings. The fourth-order valence-electron chi connectivity index (χ4n) is 1.93. The number of carbonyl (C=O) groups excluding carboxylic acids is 1. The van der Waals surface area contributed by atoms with Gasteiger partial charge in [0.05, 0.1) is 6.61 Å². The second kappa shape index (κ2) is 7.38. The summed E-state index contributed by atoms with van der Waals surface area (Å²) in [5.74, 6) is 6.73. The van der Waals surface area contributed by atoms with Gasteiger partial charge >= 0.3 is 0 Å². The summed E-state index contributed by atoms with van der Waals surface area (Å²) in [6.45, 7) is 5.92. The number of anilines is 1. The number of hydrogen-bond donors (Lipinski definition) is 3. The van der Waals surface area contributed by atoms with E-state index in [2.05, 4.69) is 15.7 Å². The minimum absolute atomic E-state index is 0.133. The summed E-state index contributed by atoms with van der Waals surface area (Å²) < 4.78 is 5.49. The van der Waals surface area contributed by atoms with E-state index in [0.717, 1.165) is 18.2 Å². The molecule has 1 heterocycles. The molecule has 4 N–H and O–H groups in total. The van der Waals surface area contributed by atoms with Gasteiger partial charge in [0.25, 0.3) is 5.91 Å². The van der Waals surface area contributed by atoms with Crippen molar-refractivity contribution in [2.24, 2.45) is 11.8 Å². The molecule has 0 bridgehead atoms. The van der Waals surface area contributed by atoms with Crippen LogP contribution in [-0.4, -0.2) is 30.6 Å². The molecule has 0 saturated heterocycles. The van der Waals surface area contributed by atoms with Gasteiger partial charge in [-0.1, -0.05) is 13.8 Å². The summed E-state index contributed by atoms with van der Waals surface area (Å²) >= 11 is 0. The third kappa shape index (κ3) is 4.99. The molecule has 1 saturated carbocycles. The maximum Gasteiger partial charge on any atom is 0.251 e. The Labute approximate surface area is 125 Å². The number of amides is 1. The third-order valence-electron chi connectivity index (χ3n) is 3.43. The Hall–Kier alpha value is -1.66. The van der Waals surface area contributed by atoms with Gasteiger partial charge in [0.1, 0.15) is 5.82 Å². The van der Waals surface area contributed by atoms with Gasteiger partial charge < -0.3 is 15.5 Å². The van der Waals surface area contributed by atoms with E-state index in [1.807, 2.05) is 13.8 Å². The molecule has 2 rings (SSSR count). The first-order valence-corrected chi connectivity index (χ1v) is 7.44. The number of pyridine rings is 1. The number of aromatic nitrogens is 1. The fourth-order valence-corrected chi connectivity index (χ4v) is 1.93. The van der Waals surface area contributed by atoms with Crippen molar-refractivity contribution in [2.45, 2.75) is 32.6 Å². The van der Waals surface area contributed by atoms with Gasteiger partial charge in [0.2, 0.25) is 0 Å². The van der Waals surface area contributed by atoms with Crippen molar-refractivity contribution < 1.29 is 9.53 Å². The molecular weight excluding hydrogens is 268 g/mol. The molecule has 1 aromatic heterocycles. The highest BCUT2D eigenvalue weighted by Crippen LogP contribution is 2.28. The van der Waals surface area contributed by atoms with Crippen LogP contribution in [0.15, 0.2) is 12.1 Å². The molecule has 0 spiro atoms. The van der Waals surface area contributed by atoms with E-state index in [9.17, 15) is 4.79 Å². The summed E-state index contributed by atoms with van der Waals surface area (Å²) in [5.41, 5.74) is 3.89. The third-order valence-corrected chi connectivity index (χ3v) is 3.43. The Morgan fingerprint density at radius 2 is 2.24 bits per heavy atom. The predicted molar refractivity (Wildman–Crippen MR) is 82.0 cm³/mol. The van der Waals surface area contributed by atoms with Gasteiger partial charge in [-0.2, -0.15) is 0 Å². The number of hydrogen-bond acceptors (Lipinski definition) is 5. The van der Waals surface area contributed by atoms with Gasteiger partial charge in [-0.05, 0) is 36.8 Å². The van der Waals surface area contributed by atoms with E-state index < -0.39 is 0 Å². The highest BCUT2D eigenvalue weighted by molar-refractivity contribution is 5.95. The van der Waals surface area contributed by atoms with Crippen LogP contribution in [0.1, 0.15) is 48.7 Å². The van der Waals surface area contributed by atoms with Crippen molar-refractivity contribution in [3.63, 3.8) is 0 Å². The topological polar surface area (TPSA) is 89.3 Å². The number of rotatable bonds is 8. The van der Waals surface area contributed by atoms with E-state index >= 15 is 0 Å². The molecule has 0 aromatic carbocycles. The van der Waals surface area contributed by atoms with Crippen molar-refractivity contribution in [2.75, 3.05) is 25.2 Å². The van der Waals surface area contributed by atoms with Crippen LogP contribution in [-0.2, 0) is 4.74 Å². The number of nitrogens with zero attached hydrogens (tertiary/aromatic N) is 1. The average molecular weight is 292 g/mol. The molecule has 21 heavy (non-hydrogen) atoms. The Bertz CT molecular complexity index is 487. The van der Waals surface area contributed by atoms with Crippen molar-refractivity contribution in [1.29, 1.82) is 0 Å². The lowest BCUT2D eigenvalue weighted by Crippen LogP contribution is -2.28. The molecular formula is C15H24N4O2. The minimum Gasteiger partial charge on any atom is -0.379 e. The maximum atomic E-state index is 12.1. The Morgan fingerprint density at radius 1 is 1.48 bits per heavy atom. The molecule has 1 aliphatic carbocycles. The first-order valence-electron chi connectivity index (χ1n) is 7.44. The number of nitrogens with two attached hydrogens (primary N) is 1. The average Bonchev–Trinajstić information content (AvgIpc) is 3.30. The van der Waals surface area contributed by atoms with Gasteiger partial charge in [0.15, 0.2) is 0 Å². The van der Waals surface area contributed by atoms with Crippen LogP contribution in [0.4, 0.5) is 5.82 Å². The van der Waals surface area contributed by atoms with Crippen LogP contribution in [0.5, 0.6) is 0 Å². The summed E-state index contributed by atoms with van der Waals surface area (Å²) in [6, 6.07) is 3.44. The van der Waals surface area contributed by atoms with Crippen LogP contribution < -0.4 is 16.6 Å². The highest BCUT2D eigenvalue weighted by atomic mass is 16.5. The highest BCUT2D eigenvalue weighted by Gasteiger charge is 2.20. The summed E-state index contributed by atoms with van der Waals surface area (Å²) in [5, 5.41) is 2.85. The first kappa shape index (κ1) is 15.7. The Kier molecular flexibility index (Phi) is 5.52. The SMILES string of the molecule is CC(C)c1cc(C(=O)NCCOCC2CC2)cc(NN)n1. The second-order valence-electron chi connectivity index (χ2n) is 5.74. The molecule has 0 aliphatic heterocycles. The van der Waals surface area contributed by atoms with E-state index in [1.165, 1.54) is 12.8 Å². The van der Waals surface area contributed by atoms with E-state index in [4.69, 9.17) is 10.6 Å². The summed E-state index contributed by atoms with van der Waals surface area (Å²) in [4.78, 5) is 16.5. The van der Waals surface area contributed by atoms with Crippen LogP contribution in [0, 0.1) is 5.92 Å². The summed E-state index contributed by atoms with van der Waals surface area (Å²) in [6.07, 6.45) is 2.55. The molecule has 1 aromatic rings. The van der Waals surface area contributed by atoms with Crippen LogP contribution in [0.25, 0.3) is 0 Å². The first-order chi connectivity index (χ1) is 10.1. The van der Waals surface area contributed by atoms with E-state index in [1.54, 1.807) is 12.1 Å². The largest absolute Gasteiger partial charge is 0.379 e. The smallest absolute Gasteiger partial charge is 0.251 e. The zero-order valence-corrected chi connectivity index (χ0v) is 12.7. The molecule has 0 unspecified atom stereocenters. The van der Waals surface area contributed by atoms with Crippen molar-refractivity contribution in [3.05, 3.63) is 23.4 Å². The molecule has 1 aliphatic rings. The lowest BCUT2D eigenvalue weighted by Gasteiger charge is -2.11. The Morgan fingerprint density at radius 3 is 2.86 bits per heavy atom. The van der Waals surface area contributed by atoms with Crippen molar-refractivity contribution in [3.8, 4) is 0 Å².